The summed E-state index contributed by atoms with van der Waals surface area (Å²) >= 11 is 0. The Kier molecular flexibility index (Phi) is 3.39. The fourth-order valence-corrected chi connectivity index (χ4v) is 2.85. The minimum Gasteiger partial charge on any atom is -0.454 e. The van der Waals surface area contributed by atoms with E-state index in [-0.39, 0.29) is 0 Å². The van der Waals surface area contributed by atoms with Crippen molar-refractivity contribution in [3.05, 3.63) is 23.3 Å². The van der Waals surface area contributed by atoms with Crippen molar-refractivity contribution >= 4 is 0 Å². The predicted octanol–water partition coefficient (Wildman–Crippen LogP) is 2.03. The van der Waals surface area contributed by atoms with E-state index in [1.165, 1.54) is 24.0 Å². The summed E-state index contributed by atoms with van der Waals surface area (Å²) in [5, 5.41) is 3.40. The SMILES string of the molecule is COCc1c(C2CCNCC2)ccc2c1OCO2. The number of nitrogens with one attached hydrogen (secondary N) is 1. The minimum absolute atomic E-state index is 0.321. The monoisotopic (exact) mass is 249 g/mol. The van der Waals surface area contributed by atoms with Gasteiger partial charge in [0, 0.05) is 12.7 Å². The molecular formula is C14H19NO3. The molecule has 1 N–H and O–H groups in total. The van der Waals surface area contributed by atoms with Gasteiger partial charge in [0.15, 0.2) is 11.5 Å². The Bertz CT molecular complexity index is 427. The third-order valence-electron chi connectivity index (χ3n) is 3.75. The molecule has 0 atom stereocenters. The lowest BCUT2D eigenvalue weighted by molar-refractivity contribution is 0.162. The maximum atomic E-state index is 5.60. The summed E-state index contributed by atoms with van der Waals surface area (Å²) in [5.74, 6) is 2.33. The molecule has 0 aromatic heterocycles. The first-order chi connectivity index (χ1) is 8.90. The summed E-state index contributed by atoms with van der Waals surface area (Å²) in [7, 11) is 1.72. The quantitative estimate of drug-likeness (QED) is 0.889. The molecular weight excluding hydrogens is 230 g/mol. The molecule has 1 saturated heterocycles. The third-order valence-corrected chi connectivity index (χ3v) is 3.75. The van der Waals surface area contributed by atoms with E-state index in [1.807, 2.05) is 6.07 Å². The van der Waals surface area contributed by atoms with Gasteiger partial charge in [0.25, 0.3) is 0 Å². The lowest BCUT2D eigenvalue weighted by Crippen LogP contribution is -2.27. The zero-order chi connectivity index (χ0) is 12.4. The van der Waals surface area contributed by atoms with E-state index in [0.717, 1.165) is 24.6 Å². The average molecular weight is 249 g/mol. The van der Waals surface area contributed by atoms with E-state index in [1.54, 1.807) is 7.11 Å². The van der Waals surface area contributed by atoms with E-state index >= 15 is 0 Å². The van der Waals surface area contributed by atoms with Gasteiger partial charge < -0.3 is 19.5 Å². The number of piperidine rings is 1. The van der Waals surface area contributed by atoms with Gasteiger partial charge in [-0.3, -0.25) is 0 Å². The first kappa shape index (κ1) is 11.8. The summed E-state index contributed by atoms with van der Waals surface area (Å²) in [4.78, 5) is 0. The van der Waals surface area contributed by atoms with Crippen LogP contribution in [0.5, 0.6) is 11.5 Å². The lowest BCUT2D eigenvalue weighted by Gasteiger charge is -2.25. The summed E-state index contributed by atoms with van der Waals surface area (Å²) < 4.78 is 16.4. The molecule has 4 heteroatoms. The van der Waals surface area contributed by atoms with Crippen molar-refractivity contribution in [3.8, 4) is 11.5 Å². The van der Waals surface area contributed by atoms with Crippen LogP contribution in [0.4, 0.5) is 0 Å². The Labute approximate surface area is 107 Å². The van der Waals surface area contributed by atoms with Gasteiger partial charge in [-0.15, -0.1) is 0 Å². The van der Waals surface area contributed by atoms with Crippen LogP contribution in [-0.4, -0.2) is 27.0 Å². The largest absolute Gasteiger partial charge is 0.454 e. The molecule has 18 heavy (non-hydrogen) atoms. The highest BCUT2D eigenvalue weighted by Gasteiger charge is 2.25. The smallest absolute Gasteiger partial charge is 0.231 e. The topological polar surface area (TPSA) is 39.7 Å². The molecule has 1 fully saturated rings. The first-order valence-electron chi connectivity index (χ1n) is 6.51. The van der Waals surface area contributed by atoms with Crippen LogP contribution in [0.25, 0.3) is 0 Å². The maximum Gasteiger partial charge on any atom is 0.231 e. The van der Waals surface area contributed by atoms with E-state index in [4.69, 9.17) is 14.2 Å². The van der Waals surface area contributed by atoms with Crippen molar-refractivity contribution in [3.63, 3.8) is 0 Å². The molecule has 2 aliphatic rings. The predicted molar refractivity (Wildman–Crippen MR) is 68.1 cm³/mol. The Morgan fingerprint density at radius 2 is 2.11 bits per heavy atom. The van der Waals surface area contributed by atoms with Crippen LogP contribution < -0.4 is 14.8 Å². The molecule has 0 bridgehead atoms. The second-order valence-electron chi connectivity index (χ2n) is 4.82. The van der Waals surface area contributed by atoms with Crippen LogP contribution in [0, 0.1) is 0 Å². The Morgan fingerprint density at radius 3 is 2.89 bits per heavy atom. The molecule has 2 aliphatic heterocycles. The molecule has 4 nitrogen and oxygen atoms in total. The van der Waals surface area contributed by atoms with Crippen LogP contribution in [0.15, 0.2) is 12.1 Å². The van der Waals surface area contributed by atoms with Crippen molar-refractivity contribution in [2.24, 2.45) is 0 Å². The van der Waals surface area contributed by atoms with Crippen LogP contribution in [0.3, 0.4) is 0 Å². The molecule has 1 aromatic rings. The Hall–Kier alpha value is -1.26. The highest BCUT2D eigenvalue weighted by molar-refractivity contribution is 5.53. The lowest BCUT2D eigenvalue weighted by atomic mass is 9.87. The maximum absolute atomic E-state index is 5.60. The first-order valence-corrected chi connectivity index (χ1v) is 6.51. The zero-order valence-electron chi connectivity index (χ0n) is 10.7. The average Bonchev–Trinajstić information content (AvgIpc) is 2.89. The van der Waals surface area contributed by atoms with Crippen molar-refractivity contribution in [1.82, 2.24) is 5.32 Å². The second kappa shape index (κ2) is 5.16. The Balaban J connectivity index is 1.97. The minimum atomic E-state index is 0.321. The molecule has 3 rings (SSSR count). The van der Waals surface area contributed by atoms with Gasteiger partial charge in [0.2, 0.25) is 6.79 Å². The van der Waals surface area contributed by atoms with Gasteiger partial charge in [-0.1, -0.05) is 6.07 Å². The van der Waals surface area contributed by atoms with Crippen LogP contribution in [0.2, 0.25) is 0 Å². The van der Waals surface area contributed by atoms with Gasteiger partial charge >= 0.3 is 0 Å². The molecule has 0 amide bonds. The molecule has 0 unspecified atom stereocenters. The summed E-state index contributed by atoms with van der Waals surface area (Å²) in [5.41, 5.74) is 2.53. The van der Waals surface area contributed by atoms with E-state index < -0.39 is 0 Å². The summed E-state index contributed by atoms with van der Waals surface area (Å²) in [6.07, 6.45) is 2.35. The van der Waals surface area contributed by atoms with Gasteiger partial charge in [-0.2, -0.15) is 0 Å². The molecule has 1 aromatic carbocycles. The molecule has 0 radical (unpaired) electrons. The fraction of sp³-hybridized carbons (Fsp3) is 0.571. The van der Waals surface area contributed by atoms with Crippen LogP contribution in [-0.2, 0) is 11.3 Å². The van der Waals surface area contributed by atoms with E-state index in [9.17, 15) is 0 Å². The Morgan fingerprint density at radius 1 is 1.28 bits per heavy atom. The number of benzene rings is 1. The number of hydrogen-bond acceptors (Lipinski definition) is 4. The van der Waals surface area contributed by atoms with Gasteiger partial charge in [-0.05, 0) is 43.5 Å². The van der Waals surface area contributed by atoms with Gasteiger partial charge in [0.05, 0.1) is 6.61 Å². The number of ether oxygens (including phenoxy) is 3. The molecule has 0 aliphatic carbocycles. The zero-order valence-corrected chi connectivity index (χ0v) is 10.7. The van der Waals surface area contributed by atoms with Crippen LogP contribution in [0.1, 0.15) is 29.9 Å². The normalized spacial score (nSPS) is 19.2. The van der Waals surface area contributed by atoms with Crippen molar-refractivity contribution in [1.29, 1.82) is 0 Å². The molecule has 98 valence electrons. The molecule has 2 heterocycles. The standard InChI is InChI=1S/C14H19NO3/c1-16-8-12-11(10-4-6-15-7-5-10)2-3-13-14(12)18-9-17-13/h2-3,10,15H,4-9H2,1H3. The number of hydrogen-bond donors (Lipinski definition) is 1. The second-order valence-corrected chi connectivity index (χ2v) is 4.82. The van der Waals surface area contributed by atoms with Crippen LogP contribution >= 0.6 is 0 Å². The van der Waals surface area contributed by atoms with Gasteiger partial charge in [0.1, 0.15) is 0 Å². The molecule has 0 spiro atoms. The molecule has 0 saturated carbocycles. The number of fused-ring (bicyclic) bond motifs is 1. The number of methoxy groups -OCH3 is 1. The van der Waals surface area contributed by atoms with Gasteiger partial charge in [-0.25, -0.2) is 0 Å². The van der Waals surface area contributed by atoms with Crippen molar-refractivity contribution in [2.75, 3.05) is 27.0 Å². The van der Waals surface area contributed by atoms with Crippen molar-refractivity contribution < 1.29 is 14.2 Å². The summed E-state index contributed by atoms with van der Waals surface area (Å²) in [6, 6.07) is 4.21. The van der Waals surface area contributed by atoms with Crippen molar-refractivity contribution in [2.45, 2.75) is 25.4 Å². The highest BCUT2D eigenvalue weighted by atomic mass is 16.7. The fourth-order valence-electron chi connectivity index (χ4n) is 2.85. The van der Waals surface area contributed by atoms with E-state index in [0.29, 0.717) is 19.3 Å². The summed E-state index contributed by atoms with van der Waals surface area (Å²) in [6.45, 7) is 3.09. The highest BCUT2D eigenvalue weighted by Crippen LogP contribution is 2.41. The third kappa shape index (κ3) is 2.06. The number of rotatable bonds is 3. The van der Waals surface area contributed by atoms with E-state index in [2.05, 4.69) is 11.4 Å².